The first-order chi connectivity index (χ1) is 8.30. The van der Waals surface area contributed by atoms with Crippen molar-refractivity contribution in [1.29, 1.82) is 0 Å². The number of ether oxygens (including phenoxy) is 2. The minimum Gasteiger partial charge on any atom is -0.467 e. The minimum atomic E-state index is -0.957. The Labute approximate surface area is 107 Å². The predicted molar refractivity (Wildman–Crippen MR) is 65.0 cm³/mol. The average molecular weight is 253 g/mol. The molecule has 2 bridgehead atoms. The molecule has 0 saturated carbocycles. The first kappa shape index (κ1) is 12.9. The Kier molecular flexibility index (Phi) is 2.87. The third-order valence-electron chi connectivity index (χ3n) is 3.31. The van der Waals surface area contributed by atoms with Gasteiger partial charge >= 0.3 is 12.1 Å². The smallest absolute Gasteiger partial charge is 0.412 e. The van der Waals surface area contributed by atoms with Crippen molar-refractivity contribution in [3.63, 3.8) is 0 Å². The summed E-state index contributed by atoms with van der Waals surface area (Å²) in [6.45, 7) is 5.42. The van der Waals surface area contributed by atoms with Gasteiger partial charge in [-0.2, -0.15) is 0 Å². The van der Waals surface area contributed by atoms with E-state index in [0.29, 0.717) is 6.42 Å². The average Bonchev–Trinajstić information content (AvgIpc) is 2.81. The van der Waals surface area contributed by atoms with Gasteiger partial charge in [-0.15, -0.1) is 0 Å². The summed E-state index contributed by atoms with van der Waals surface area (Å²) >= 11 is 0. The Morgan fingerprint density at radius 2 is 2.06 bits per heavy atom. The van der Waals surface area contributed by atoms with Crippen LogP contribution < -0.4 is 0 Å². The highest BCUT2D eigenvalue weighted by molar-refractivity contribution is 5.90. The minimum absolute atomic E-state index is 0.0565. The van der Waals surface area contributed by atoms with Crippen LogP contribution in [0.25, 0.3) is 0 Å². The third-order valence-corrected chi connectivity index (χ3v) is 3.31. The second-order valence-corrected chi connectivity index (χ2v) is 5.73. The summed E-state index contributed by atoms with van der Waals surface area (Å²) in [5, 5.41) is 0. The second-order valence-electron chi connectivity index (χ2n) is 5.73. The van der Waals surface area contributed by atoms with Crippen LogP contribution in [0.3, 0.4) is 0 Å². The van der Waals surface area contributed by atoms with Crippen LogP contribution in [0.1, 0.15) is 33.6 Å². The second kappa shape index (κ2) is 4.00. The number of amides is 1. The van der Waals surface area contributed by atoms with E-state index < -0.39 is 23.2 Å². The molecule has 100 valence electrons. The Morgan fingerprint density at radius 3 is 2.50 bits per heavy atom. The number of rotatable bonds is 1. The molecule has 2 aliphatic heterocycles. The molecule has 1 saturated heterocycles. The summed E-state index contributed by atoms with van der Waals surface area (Å²) < 4.78 is 10.2. The topological polar surface area (TPSA) is 55.8 Å². The van der Waals surface area contributed by atoms with Crippen LogP contribution in [-0.2, 0) is 14.3 Å². The number of nitrogens with zero attached hydrogens (tertiary/aromatic N) is 1. The van der Waals surface area contributed by atoms with Gasteiger partial charge in [0.1, 0.15) is 5.60 Å². The van der Waals surface area contributed by atoms with Crippen molar-refractivity contribution in [2.75, 3.05) is 7.11 Å². The lowest BCUT2D eigenvalue weighted by molar-refractivity contribution is -0.150. The van der Waals surface area contributed by atoms with Crippen molar-refractivity contribution in [3.8, 4) is 0 Å². The summed E-state index contributed by atoms with van der Waals surface area (Å²) in [6, 6.07) is -0.0565. The fourth-order valence-electron chi connectivity index (χ4n) is 2.58. The lowest BCUT2D eigenvalue weighted by Crippen LogP contribution is -2.52. The lowest BCUT2D eigenvalue weighted by Gasteiger charge is -2.33. The molecule has 0 N–H and O–H groups in total. The summed E-state index contributed by atoms with van der Waals surface area (Å²) in [6.07, 6.45) is 4.55. The molecular weight excluding hydrogens is 234 g/mol. The van der Waals surface area contributed by atoms with Gasteiger partial charge in [0, 0.05) is 0 Å². The molecule has 0 aromatic heterocycles. The quantitative estimate of drug-likeness (QED) is 0.529. The molecule has 2 heterocycles. The number of hydrogen-bond acceptors (Lipinski definition) is 4. The number of esters is 1. The Morgan fingerprint density at radius 1 is 1.39 bits per heavy atom. The summed E-state index contributed by atoms with van der Waals surface area (Å²) in [7, 11) is 1.34. The van der Waals surface area contributed by atoms with Crippen LogP contribution in [0.15, 0.2) is 12.2 Å². The van der Waals surface area contributed by atoms with Gasteiger partial charge in [-0.25, -0.2) is 9.59 Å². The normalized spacial score (nSPS) is 29.6. The molecule has 2 rings (SSSR count). The van der Waals surface area contributed by atoms with Gasteiger partial charge < -0.3 is 9.47 Å². The van der Waals surface area contributed by atoms with Crippen molar-refractivity contribution in [3.05, 3.63) is 12.2 Å². The van der Waals surface area contributed by atoms with E-state index in [0.717, 1.165) is 6.42 Å². The van der Waals surface area contributed by atoms with E-state index in [1.807, 2.05) is 6.08 Å². The number of carbonyl (C=O) groups excluding carboxylic acids is 2. The van der Waals surface area contributed by atoms with E-state index in [4.69, 9.17) is 9.47 Å². The number of methoxy groups -OCH3 is 1. The molecule has 5 nitrogen and oxygen atoms in total. The molecular formula is C13H19NO4. The van der Waals surface area contributed by atoms with Gasteiger partial charge in [0.15, 0.2) is 5.54 Å². The van der Waals surface area contributed by atoms with Crippen LogP contribution in [0, 0.1) is 0 Å². The van der Waals surface area contributed by atoms with Crippen LogP contribution in [0.4, 0.5) is 4.79 Å². The molecule has 2 aliphatic rings. The van der Waals surface area contributed by atoms with E-state index in [9.17, 15) is 9.59 Å². The van der Waals surface area contributed by atoms with Crippen molar-refractivity contribution in [2.45, 2.75) is 50.8 Å². The maximum absolute atomic E-state index is 12.2. The predicted octanol–water partition coefficient (Wildman–Crippen LogP) is 1.87. The zero-order chi connectivity index (χ0) is 13.6. The first-order valence-corrected chi connectivity index (χ1v) is 6.10. The van der Waals surface area contributed by atoms with Crippen LogP contribution >= 0.6 is 0 Å². The SMILES string of the molecule is COC(=O)[C@]12C=C[C@H](CC1)N2C(=O)OC(C)(C)C. The molecule has 0 spiro atoms. The number of fused-ring (bicyclic) bond motifs is 2. The molecule has 0 aromatic carbocycles. The van der Waals surface area contributed by atoms with Crippen molar-refractivity contribution in [1.82, 2.24) is 4.90 Å². The maximum Gasteiger partial charge on any atom is 0.412 e. The fourth-order valence-corrected chi connectivity index (χ4v) is 2.58. The Hall–Kier alpha value is -1.52. The molecule has 2 atom stereocenters. The van der Waals surface area contributed by atoms with Crippen molar-refractivity contribution in [2.24, 2.45) is 0 Å². The van der Waals surface area contributed by atoms with E-state index >= 15 is 0 Å². The Balaban J connectivity index is 2.24. The lowest BCUT2D eigenvalue weighted by atomic mass is 9.94. The monoisotopic (exact) mass is 253 g/mol. The van der Waals surface area contributed by atoms with Crippen molar-refractivity contribution >= 4 is 12.1 Å². The van der Waals surface area contributed by atoms with Gasteiger partial charge in [0.05, 0.1) is 13.2 Å². The molecule has 1 amide bonds. The first-order valence-electron chi connectivity index (χ1n) is 6.10. The van der Waals surface area contributed by atoms with Crippen LogP contribution in [-0.4, -0.2) is 41.3 Å². The molecule has 5 heteroatoms. The van der Waals surface area contributed by atoms with Gasteiger partial charge in [0.2, 0.25) is 0 Å². The number of carbonyl (C=O) groups is 2. The molecule has 18 heavy (non-hydrogen) atoms. The van der Waals surface area contributed by atoms with Gasteiger partial charge in [-0.05, 0) is 39.7 Å². The highest BCUT2D eigenvalue weighted by Gasteiger charge is 2.57. The largest absolute Gasteiger partial charge is 0.467 e. The van der Waals surface area contributed by atoms with E-state index in [1.165, 1.54) is 12.0 Å². The van der Waals surface area contributed by atoms with Gasteiger partial charge in [-0.1, -0.05) is 6.08 Å². The van der Waals surface area contributed by atoms with Crippen LogP contribution in [0.5, 0.6) is 0 Å². The standard InChI is InChI=1S/C13H19NO4/c1-12(2,3)18-11(16)14-9-5-7-13(14,8-6-9)10(15)17-4/h5,7,9H,6,8H2,1-4H3/t9-,13+/m1/s1. The summed E-state index contributed by atoms with van der Waals surface area (Å²) in [5.74, 6) is -0.399. The van der Waals surface area contributed by atoms with E-state index in [2.05, 4.69) is 0 Å². The molecule has 0 aliphatic carbocycles. The van der Waals surface area contributed by atoms with E-state index in [-0.39, 0.29) is 6.04 Å². The summed E-state index contributed by atoms with van der Waals surface area (Å²) in [5.41, 5.74) is -1.53. The third kappa shape index (κ3) is 1.87. The van der Waals surface area contributed by atoms with Gasteiger partial charge in [0.25, 0.3) is 0 Å². The maximum atomic E-state index is 12.2. The molecule has 0 radical (unpaired) electrons. The van der Waals surface area contributed by atoms with Crippen LogP contribution in [0.2, 0.25) is 0 Å². The Bertz CT molecular complexity index is 410. The zero-order valence-corrected chi connectivity index (χ0v) is 11.2. The van der Waals surface area contributed by atoms with Crippen molar-refractivity contribution < 1.29 is 19.1 Å². The number of hydrogen-bond donors (Lipinski definition) is 0. The summed E-state index contributed by atoms with van der Waals surface area (Å²) in [4.78, 5) is 25.7. The molecule has 1 fully saturated rings. The highest BCUT2D eigenvalue weighted by atomic mass is 16.6. The van der Waals surface area contributed by atoms with Gasteiger partial charge in [-0.3, -0.25) is 4.90 Å². The molecule has 0 unspecified atom stereocenters. The zero-order valence-electron chi connectivity index (χ0n) is 11.2. The fraction of sp³-hybridized carbons (Fsp3) is 0.692. The van der Waals surface area contributed by atoms with E-state index in [1.54, 1.807) is 26.8 Å². The highest BCUT2D eigenvalue weighted by Crippen LogP contribution is 2.43. The molecule has 0 aromatic rings.